The third kappa shape index (κ3) is 7.58. The van der Waals surface area contributed by atoms with E-state index in [1.165, 1.54) is 38.9 Å². The minimum absolute atomic E-state index is 0.123. The summed E-state index contributed by atoms with van der Waals surface area (Å²) in [5, 5.41) is 6.41. The first-order valence-corrected chi connectivity index (χ1v) is 9.41. The number of methoxy groups -OCH3 is 1. The topological polar surface area (TPSA) is 58.1 Å². The number of hydrogen-bond acceptors (Lipinski definition) is 4. The number of nitrogens with zero attached hydrogens (tertiary/aromatic N) is 2. The van der Waals surface area contributed by atoms with E-state index < -0.39 is 6.61 Å². The highest BCUT2D eigenvalue weighted by Crippen LogP contribution is 2.25. The van der Waals surface area contributed by atoms with E-state index >= 15 is 0 Å². The number of alkyl halides is 2. The van der Waals surface area contributed by atoms with Gasteiger partial charge in [-0.1, -0.05) is 12.8 Å². The van der Waals surface area contributed by atoms with Crippen molar-refractivity contribution in [2.24, 2.45) is 4.99 Å². The molecule has 1 fully saturated rings. The fourth-order valence-electron chi connectivity index (χ4n) is 3.12. The van der Waals surface area contributed by atoms with Gasteiger partial charge in [-0.3, -0.25) is 4.99 Å². The summed E-state index contributed by atoms with van der Waals surface area (Å²) in [6, 6.07) is 4.75. The minimum atomic E-state index is -2.87. The molecule has 1 aromatic carbocycles. The van der Waals surface area contributed by atoms with Crippen molar-refractivity contribution in [3.63, 3.8) is 0 Å². The number of aliphatic imine (C=N–C) groups is 1. The van der Waals surface area contributed by atoms with E-state index in [-0.39, 0.29) is 5.75 Å². The van der Waals surface area contributed by atoms with Gasteiger partial charge in [-0.05, 0) is 44.1 Å². The smallest absolute Gasteiger partial charge is 0.387 e. The molecule has 0 radical (unpaired) electrons. The summed E-state index contributed by atoms with van der Waals surface area (Å²) in [6.07, 6.45) is 5.15. The molecule has 1 heterocycles. The molecule has 2 N–H and O–H groups in total. The lowest BCUT2D eigenvalue weighted by Gasteiger charge is -2.21. The second kappa shape index (κ2) is 11.6. The van der Waals surface area contributed by atoms with E-state index in [1.807, 2.05) is 0 Å². The Kier molecular flexibility index (Phi) is 9.10. The summed E-state index contributed by atoms with van der Waals surface area (Å²) in [4.78, 5) is 6.66. The molecule has 1 aliphatic heterocycles. The van der Waals surface area contributed by atoms with Gasteiger partial charge >= 0.3 is 6.61 Å². The molecule has 0 aliphatic carbocycles. The highest BCUT2D eigenvalue weighted by molar-refractivity contribution is 5.79. The van der Waals surface area contributed by atoms with Crippen LogP contribution in [0.4, 0.5) is 8.78 Å². The van der Waals surface area contributed by atoms with Crippen LogP contribution in [0.2, 0.25) is 0 Å². The second-order valence-electron chi connectivity index (χ2n) is 6.46. The van der Waals surface area contributed by atoms with E-state index in [0.717, 1.165) is 26.2 Å². The summed E-state index contributed by atoms with van der Waals surface area (Å²) >= 11 is 0. The average Bonchev–Trinajstić information content (AvgIpc) is 2.94. The zero-order valence-electron chi connectivity index (χ0n) is 16.1. The number of guanidine groups is 1. The van der Waals surface area contributed by atoms with Crippen LogP contribution in [0.1, 0.15) is 31.2 Å². The van der Waals surface area contributed by atoms with Gasteiger partial charge in [0.25, 0.3) is 0 Å². The fraction of sp³-hybridized carbons (Fsp3) is 0.632. The van der Waals surface area contributed by atoms with Crippen molar-refractivity contribution in [2.45, 2.75) is 38.8 Å². The molecule has 1 aliphatic rings. The monoisotopic (exact) mass is 384 g/mol. The molecular formula is C19H30F2N4O2. The lowest BCUT2D eigenvalue weighted by molar-refractivity contribution is -0.0504. The van der Waals surface area contributed by atoms with Gasteiger partial charge in [0.15, 0.2) is 5.96 Å². The summed E-state index contributed by atoms with van der Waals surface area (Å²) in [6.45, 7) is 1.45. The van der Waals surface area contributed by atoms with Gasteiger partial charge in [0.2, 0.25) is 0 Å². The molecule has 1 saturated heterocycles. The lowest BCUT2D eigenvalue weighted by Crippen LogP contribution is -2.41. The van der Waals surface area contributed by atoms with Crippen LogP contribution in [0.5, 0.6) is 11.5 Å². The van der Waals surface area contributed by atoms with E-state index in [0.29, 0.717) is 23.8 Å². The predicted molar refractivity (Wildman–Crippen MR) is 103 cm³/mol. The molecule has 0 spiro atoms. The second-order valence-corrected chi connectivity index (χ2v) is 6.46. The molecule has 0 bridgehead atoms. The molecule has 1 aromatic rings. The zero-order valence-corrected chi connectivity index (χ0v) is 16.1. The van der Waals surface area contributed by atoms with Crippen LogP contribution in [-0.4, -0.2) is 57.8 Å². The summed E-state index contributed by atoms with van der Waals surface area (Å²) < 4.78 is 35.0. The number of hydrogen-bond donors (Lipinski definition) is 2. The van der Waals surface area contributed by atoms with E-state index in [1.54, 1.807) is 19.2 Å². The standard InChI is InChI=1S/C19H30F2N4O2/c1-22-19(23-9-12-25-10-5-3-4-6-11-25)24-14-15-13-16(26-2)7-8-17(15)27-18(20)21/h7-8,13,18H,3-6,9-12,14H2,1-2H3,(H2,22,23,24). The van der Waals surface area contributed by atoms with Crippen LogP contribution in [-0.2, 0) is 6.54 Å². The van der Waals surface area contributed by atoms with Gasteiger partial charge in [0, 0.05) is 32.2 Å². The quantitative estimate of drug-likeness (QED) is 0.533. The number of rotatable bonds is 8. The van der Waals surface area contributed by atoms with Crippen molar-refractivity contribution in [3.8, 4) is 11.5 Å². The Balaban J connectivity index is 1.85. The van der Waals surface area contributed by atoms with Crippen LogP contribution in [0.15, 0.2) is 23.2 Å². The van der Waals surface area contributed by atoms with Gasteiger partial charge in [-0.2, -0.15) is 8.78 Å². The Bertz CT molecular complexity index is 591. The molecule has 0 atom stereocenters. The van der Waals surface area contributed by atoms with Gasteiger partial charge in [-0.15, -0.1) is 0 Å². The van der Waals surface area contributed by atoms with Crippen LogP contribution in [0, 0.1) is 0 Å². The Morgan fingerprint density at radius 3 is 2.56 bits per heavy atom. The molecule has 0 unspecified atom stereocenters. The van der Waals surface area contributed by atoms with E-state index in [2.05, 4.69) is 25.3 Å². The first kappa shape index (κ1) is 21.2. The van der Waals surface area contributed by atoms with E-state index in [9.17, 15) is 8.78 Å². The third-order valence-electron chi connectivity index (χ3n) is 4.57. The Morgan fingerprint density at radius 1 is 1.19 bits per heavy atom. The number of benzene rings is 1. The zero-order chi connectivity index (χ0) is 19.5. The molecule has 8 heteroatoms. The first-order chi connectivity index (χ1) is 13.1. The number of likely N-dealkylation sites (tertiary alicyclic amines) is 1. The Labute approximate surface area is 159 Å². The molecule has 0 saturated carbocycles. The molecule has 152 valence electrons. The van der Waals surface area contributed by atoms with E-state index in [4.69, 9.17) is 4.74 Å². The highest BCUT2D eigenvalue weighted by atomic mass is 19.3. The van der Waals surface area contributed by atoms with Crippen molar-refractivity contribution >= 4 is 5.96 Å². The third-order valence-corrected chi connectivity index (χ3v) is 4.57. The summed E-state index contributed by atoms with van der Waals surface area (Å²) in [7, 11) is 3.22. The lowest BCUT2D eigenvalue weighted by atomic mass is 10.2. The van der Waals surface area contributed by atoms with Gasteiger partial charge < -0.3 is 25.0 Å². The SMILES string of the molecule is CN=C(NCCN1CCCCCC1)NCc1cc(OC)ccc1OC(F)F. The molecule has 0 aromatic heterocycles. The van der Waals surface area contributed by atoms with Crippen LogP contribution in [0.3, 0.4) is 0 Å². The van der Waals surface area contributed by atoms with Crippen LogP contribution < -0.4 is 20.1 Å². The van der Waals surface area contributed by atoms with Crippen molar-refractivity contribution < 1.29 is 18.3 Å². The first-order valence-electron chi connectivity index (χ1n) is 9.41. The Morgan fingerprint density at radius 2 is 1.93 bits per heavy atom. The maximum atomic E-state index is 12.6. The molecule has 0 amide bonds. The van der Waals surface area contributed by atoms with Gasteiger partial charge in [-0.25, -0.2) is 0 Å². The van der Waals surface area contributed by atoms with Crippen molar-refractivity contribution in [2.75, 3.05) is 40.3 Å². The number of halogens is 2. The van der Waals surface area contributed by atoms with Crippen LogP contribution in [0.25, 0.3) is 0 Å². The normalized spacial score (nSPS) is 16.1. The maximum Gasteiger partial charge on any atom is 0.387 e. The Hall–Kier alpha value is -2.09. The number of nitrogens with one attached hydrogen (secondary N) is 2. The van der Waals surface area contributed by atoms with Crippen molar-refractivity contribution in [3.05, 3.63) is 23.8 Å². The van der Waals surface area contributed by atoms with Crippen molar-refractivity contribution in [1.82, 2.24) is 15.5 Å². The van der Waals surface area contributed by atoms with Gasteiger partial charge in [0.05, 0.1) is 7.11 Å². The number of ether oxygens (including phenoxy) is 2. The average molecular weight is 384 g/mol. The molecule has 2 rings (SSSR count). The predicted octanol–water partition coefficient (Wildman–Crippen LogP) is 2.84. The largest absolute Gasteiger partial charge is 0.497 e. The van der Waals surface area contributed by atoms with Crippen LogP contribution >= 0.6 is 0 Å². The minimum Gasteiger partial charge on any atom is -0.497 e. The molecule has 27 heavy (non-hydrogen) atoms. The maximum absolute atomic E-state index is 12.6. The highest BCUT2D eigenvalue weighted by Gasteiger charge is 2.12. The van der Waals surface area contributed by atoms with Crippen molar-refractivity contribution in [1.29, 1.82) is 0 Å². The van der Waals surface area contributed by atoms with Gasteiger partial charge in [0.1, 0.15) is 11.5 Å². The molecule has 6 nitrogen and oxygen atoms in total. The summed E-state index contributed by atoms with van der Waals surface area (Å²) in [5.41, 5.74) is 0.574. The fourth-order valence-corrected chi connectivity index (χ4v) is 3.12. The molecular weight excluding hydrogens is 354 g/mol. The summed E-state index contributed by atoms with van der Waals surface area (Å²) in [5.74, 6) is 1.33.